The molecule has 0 aromatic carbocycles. The van der Waals surface area contributed by atoms with Gasteiger partial charge in [-0.2, -0.15) is 0 Å². The molecule has 0 amide bonds. The predicted molar refractivity (Wildman–Crippen MR) is 213 cm³/mol. The van der Waals surface area contributed by atoms with Crippen molar-refractivity contribution in [2.24, 2.45) is 34.5 Å². The summed E-state index contributed by atoms with van der Waals surface area (Å²) in [6.07, 6.45) is 11.6. The van der Waals surface area contributed by atoms with Crippen LogP contribution in [0.5, 0.6) is 0 Å². The van der Waals surface area contributed by atoms with Crippen LogP contribution >= 0.6 is 0 Å². The molecule has 0 saturated heterocycles. The van der Waals surface area contributed by atoms with Gasteiger partial charge in [-0.05, 0) is 185 Å². The summed E-state index contributed by atoms with van der Waals surface area (Å²) in [5.74, 6) is 2.68. The summed E-state index contributed by atoms with van der Waals surface area (Å²) in [6.45, 7) is 41.7. The van der Waals surface area contributed by atoms with Crippen LogP contribution in [0.2, 0.25) is 98.2 Å². The lowest BCUT2D eigenvalue weighted by Crippen LogP contribution is -2.67. The van der Waals surface area contributed by atoms with Gasteiger partial charge >= 0.3 is 0 Å². The number of hydrogen-bond acceptors (Lipinski definition) is 5. The second-order valence-corrected chi connectivity index (χ2v) is 44.0. The maximum Gasteiger partial charge on any atom is 0.184 e. The normalized spacial score (nSPS) is 39.3. The molecule has 10 heteroatoms. The van der Waals surface area contributed by atoms with Gasteiger partial charge in [0.1, 0.15) is 0 Å². The molecule has 276 valence electrons. The molecule has 0 heterocycles. The molecule has 5 nitrogen and oxygen atoms in total. The summed E-state index contributed by atoms with van der Waals surface area (Å²) in [5.41, 5.74) is 0.0135. The Labute approximate surface area is 297 Å². The first-order valence-corrected chi connectivity index (χ1v) is 36.5. The Hall–Kier alpha value is 0.884. The van der Waals surface area contributed by atoms with Crippen molar-refractivity contribution in [2.45, 2.75) is 194 Å². The maximum atomic E-state index is 7.73. The van der Waals surface area contributed by atoms with E-state index in [2.05, 4.69) is 112 Å². The maximum absolute atomic E-state index is 7.73. The summed E-state index contributed by atoms with van der Waals surface area (Å²) in [6, 6.07) is 0. The van der Waals surface area contributed by atoms with Crippen LogP contribution in [0.1, 0.15) is 71.6 Å². The summed E-state index contributed by atoms with van der Waals surface area (Å²) in [4.78, 5) is 0. The fraction of sp³-hybridized carbons (Fsp3) is 1.00. The van der Waals surface area contributed by atoms with Gasteiger partial charge < -0.3 is 22.1 Å². The van der Waals surface area contributed by atoms with Gasteiger partial charge in [-0.3, -0.25) is 0 Å². The first-order valence-electron chi connectivity index (χ1n) is 19.5. The Morgan fingerprint density at radius 3 is 1.81 bits per heavy atom. The quantitative estimate of drug-likeness (QED) is 0.176. The average Bonchev–Trinajstić information content (AvgIpc) is 3.11. The van der Waals surface area contributed by atoms with Gasteiger partial charge in [0.05, 0.1) is 11.7 Å². The zero-order valence-electron chi connectivity index (χ0n) is 34.2. The second-order valence-electron chi connectivity index (χ2n) is 21.7. The fourth-order valence-corrected chi connectivity index (χ4v) is 16.9. The minimum Gasteiger partial charge on any atom is -0.418 e. The molecule has 0 aliphatic heterocycles. The van der Waals surface area contributed by atoms with E-state index in [0.29, 0.717) is 29.3 Å². The average molecular weight is 743 g/mol. The monoisotopic (exact) mass is 742 g/mol. The Balaban J connectivity index is 1.78. The Morgan fingerprint density at radius 1 is 0.660 bits per heavy atom. The fourth-order valence-electron chi connectivity index (χ4n) is 11.1. The van der Waals surface area contributed by atoms with Gasteiger partial charge in [0.2, 0.25) is 0 Å². The first-order chi connectivity index (χ1) is 21.1. The third-order valence-corrected chi connectivity index (χ3v) is 17.2. The summed E-state index contributed by atoms with van der Waals surface area (Å²) in [5, 5.41) is 0. The molecule has 4 fully saturated rings. The molecule has 0 spiro atoms. The van der Waals surface area contributed by atoms with Crippen molar-refractivity contribution in [1.82, 2.24) is 0 Å². The van der Waals surface area contributed by atoms with Crippen molar-refractivity contribution in [1.29, 1.82) is 0 Å². The van der Waals surface area contributed by atoms with Crippen molar-refractivity contribution in [3.8, 4) is 0 Å². The lowest BCUT2D eigenvalue weighted by Gasteiger charge is -2.66. The molecule has 10 atom stereocenters. The van der Waals surface area contributed by atoms with Crippen LogP contribution in [0.25, 0.3) is 0 Å². The molecule has 4 aliphatic rings. The van der Waals surface area contributed by atoms with Crippen LogP contribution in [-0.2, 0) is 22.1 Å². The van der Waals surface area contributed by atoms with E-state index in [1.54, 1.807) is 0 Å². The molecule has 0 aromatic rings. The van der Waals surface area contributed by atoms with Gasteiger partial charge in [-0.25, -0.2) is 0 Å². The Morgan fingerprint density at radius 2 is 1.28 bits per heavy atom. The SMILES string of the molecule is C[C@]12C[C@H](O[Si](C)(C)C)C3[C@@H](CC[C@@H]4C[C@H](O[Si](C)(C)C)CC[C@]34C)[C@@H]1CC[C@]2(O[Si](C)(C)C)[C@H](CCO[Si](C)(C)C)O[Si](C)(C)C. The van der Waals surface area contributed by atoms with Crippen molar-refractivity contribution in [3.05, 3.63) is 0 Å². The van der Waals surface area contributed by atoms with Crippen molar-refractivity contribution >= 4 is 41.6 Å². The molecule has 0 N–H and O–H groups in total. The van der Waals surface area contributed by atoms with Crippen LogP contribution in [0.3, 0.4) is 0 Å². The minimum absolute atomic E-state index is 0.00356. The number of fused-ring (bicyclic) bond motifs is 5. The van der Waals surface area contributed by atoms with Crippen LogP contribution in [0.15, 0.2) is 0 Å². The van der Waals surface area contributed by atoms with E-state index in [1.165, 1.54) is 38.5 Å². The molecule has 47 heavy (non-hydrogen) atoms. The second kappa shape index (κ2) is 13.7. The lowest BCUT2D eigenvalue weighted by atomic mass is 9.43. The van der Waals surface area contributed by atoms with Gasteiger partial charge in [0, 0.05) is 24.2 Å². The summed E-state index contributed by atoms with van der Waals surface area (Å²) < 4.78 is 35.9. The molecular formula is C37H78O5Si5. The molecule has 4 aliphatic carbocycles. The third-order valence-electron chi connectivity index (χ3n) is 12.2. The highest BCUT2D eigenvalue weighted by atomic mass is 28.4. The van der Waals surface area contributed by atoms with Gasteiger partial charge in [-0.15, -0.1) is 0 Å². The van der Waals surface area contributed by atoms with Crippen LogP contribution in [-0.4, -0.2) is 72.1 Å². The molecular weight excluding hydrogens is 665 g/mol. The molecule has 4 saturated carbocycles. The van der Waals surface area contributed by atoms with Crippen molar-refractivity contribution in [2.75, 3.05) is 6.61 Å². The van der Waals surface area contributed by atoms with E-state index >= 15 is 0 Å². The van der Waals surface area contributed by atoms with E-state index in [9.17, 15) is 0 Å². The van der Waals surface area contributed by atoms with E-state index in [-0.39, 0.29) is 23.2 Å². The van der Waals surface area contributed by atoms with Gasteiger partial charge in [-0.1, -0.05) is 13.8 Å². The van der Waals surface area contributed by atoms with Gasteiger partial charge in [0.25, 0.3) is 0 Å². The highest BCUT2D eigenvalue weighted by molar-refractivity contribution is 6.71. The standard InChI is InChI=1S/C37H78O5Si5/c1-35-23-20-29(39-44(6,7)8)26-28(35)18-19-30-31-21-24-37(42-47(15,16)17,33(41-46(12,13)14)22-25-38-43(3,4)5)36(31,2)27-32(34(30)35)40-45(9,10)11/h28-34H,18-27H2,1-17H3/t28-,29-,30+,31+,32+,33+,34?,35+,36+,37+/m1/s1. The van der Waals surface area contributed by atoms with Crippen LogP contribution in [0, 0.1) is 34.5 Å². The lowest BCUT2D eigenvalue weighted by molar-refractivity contribution is -0.210. The number of hydrogen-bond donors (Lipinski definition) is 0. The summed E-state index contributed by atoms with van der Waals surface area (Å²) >= 11 is 0. The molecule has 0 bridgehead atoms. The zero-order chi connectivity index (χ0) is 35.6. The first kappa shape index (κ1) is 40.7. The van der Waals surface area contributed by atoms with E-state index < -0.39 is 41.6 Å². The highest BCUT2D eigenvalue weighted by Gasteiger charge is 2.70. The van der Waals surface area contributed by atoms with Crippen molar-refractivity contribution in [3.63, 3.8) is 0 Å². The van der Waals surface area contributed by atoms with Crippen LogP contribution in [0.4, 0.5) is 0 Å². The third kappa shape index (κ3) is 9.47. The molecule has 0 radical (unpaired) electrons. The Bertz CT molecular complexity index is 1070. The van der Waals surface area contributed by atoms with E-state index in [1.807, 2.05) is 0 Å². The van der Waals surface area contributed by atoms with E-state index in [4.69, 9.17) is 22.1 Å². The number of rotatable bonds is 13. The smallest absolute Gasteiger partial charge is 0.184 e. The van der Waals surface area contributed by atoms with Crippen LogP contribution < -0.4 is 0 Å². The molecule has 1 unspecified atom stereocenters. The van der Waals surface area contributed by atoms with E-state index in [0.717, 1.165) is 31.8 Å². The molecule has 0 aromatic heterocycles. The van der Waals surface area contributed by atoms with Gasteiger partial charge in [0.15, 0.2) is 41.6 Å². The van der Waals surface area contributed by atoms with Crippen molar-refractivity contribution < 1.29 is 22.1 Å². The zero-order valence-corrected chi connectivity index (χ0v) is 39.2. The molecule has 4 rings (SSSR count). The topological polar surface area (TPSA) is 46.2 Å². The predicted octanol–water partition coefficient (Wildman–Crippen LogP) is 11.1. The largest absolute Gasteiger partial charge is 0.418 e. The highest BCUT2D eigenvalue weighted by Crippen LogP contribution is 2.71. The Kier molecular flexibility index (Phi) is 11.8. The minimum atomic E-state index is -1.95. The summed E-state index contributed by atoms with van der Waals surface area (Å²) in [7, 11) is -8.88.